The van der Waals surface area contributed by atoms with Crippen molar-refractivity contribution in [3.63, 3.8) is 0 Å². The van der Waals surface area contributed by atoms with E-state index >= 15 is 0 Å². The van der Waals surface area contributed by atoms with Crippen LogP contribution in [0, 0.1) is 5.92 Å². The fourth-order valence-corrected chi connectivity index (χ4v) is 3.83. The zero-order valence-corrected chi connectivity index (χ0v) is 13.2. The highest BCUT2D eigenvalue weighted by Gasteiger charge is 2.24. The standard InChI is InChI=1S/C15H21BrClN/c1-18-15(11-6-4-2-3-5-7-11)13-9-8-12(16)10-14(13)17/h8-11,15,18H,2-7H2,1H3. The van der Waals surface area contributed by atoms with Crippen LogP contribution >= 0.6 is 27.5 Å². The molecule has 100 valence electrons. The Morgan fingerprint density at radius 3 is 2.44 bits per heavy atom. The fraction of sp³-hybridized carbons (Fsp3) is 0.600. The van der Waals surface area contributed by atoms with Crippen LogP contribution in [0.5, 0.6) is 0 Å². The summed E-state index contributed by atoms with van der Waals surface area (Å²) in [5.41, 5.74) is 1.24. The summed E-state index contributed by atoms with van der Waals surface area (Å²) in [5.74, 6) is 0.719. The lowest BCUT2D eigenvalue weighted by molar-refractivity contribution is 0.342. The summed E-state index contributed by atoms with van der Waals surface area (Å²) in [6, 6.07) is 6.63. The number of hydrogen-bond donors (Lipinski definition) is 1. The first-order chi connectivity index (χ1) is 8.72. The van der Waals surface area contributed by atoms with Gasteiger partial charge in [0.05, 0.1) is 0 Å². The summed E-state index contributed by atoms with van der Waals surface area (Å²) >= 11 is 9.86. The van der Waals surface area contributed by atoms with Crippen molar-refractivity contribution in [3.8, 4) is 0 Å². The molecule has 0 spiro atoms. The van der Waals surface area contributed by atoms with Gasteiger partial charge in [0.2, 0.25) is 0 Å². The Morgan fingerprint density at radius 1 is 1.22 bits per heavy atom. The second kappa shape index (κ2) is 6.93. The summed E-state index contributed by atoms with van der Waals surface area (Å²) in [5, 5.41) is 4.34. The summed E-state index contributed by atoms with van der Waals surface area (Å²) < 4.78 is 1.05. The van der Waals surface area contributed by atoms with Gasteiger partial charge in [-0.05, 0) is 43.5 Å². The predicted molar refractivity (Wildman–Crippen MR) is 82.1 cm³/mol. The highest BCUT2D eigenvalue weighted by Crippen LogP contribution is 2.36. The molecule has 1 aromatic rings. The second-order valence-electron chi connectivity index (χ2n) is 5.18. The molecule has 1 unspecified atom stereocenters. The third kappa shape index (κ3) is 3.49. The zero-order valence-electron chi connectivity index (χ0n) is 10.9. The van der Waals surface area contributed by atoms with Crippen molar-refractivity contribution in [2.24, 2.45) is 5.92 Å². The molecule has 1 atom stereocenters. The summed E-state index contributed by atoms with van der Waals surface area (Å²) in [6.45, 7) is 0. The van der Waals surface area contributed by atoms with E-state index in [-0.39, 0.29) is 0 Å². The van der Waals surface area contributed by atoms with E-state index in [9.17, 15) is 0 Å². The van der Waals surface area contributed by atoms with E-state index in [1.807, 2.05) is 13.1 Å². The van der Waals surface area contributed by atoms with Crippen LogP contribution in [0.3, 0.4) is 0 Å². The third-order valence-electron chi connectivity index (χ3n) is 3.98. The minimum Gasteiger partial charge on any atom is -0.313 e. The summed E-state index contributed by atoms with van der Waals surface area (Å²) in [7, 11) is 2.05. The zero-order chi connectivity index (χ0) is 13.0. The van der Waals surface area contributed by atoms with Crippen molar-refractivity contribution >= 4 is 27.5 Å². The maximum absolute atomic E-state index is 6.39. The molecule has 1 aromatic carbocycles. The molecule has 0 aromatic heterocycles. The smallest absolute Gasteiger partial charge is 0.0465 e. The minimum atomic E-state index is 0.392. The molecule has 0 saturated heterocycles. The van der Waals surface area contributed by atoms with Crippen LogP contribution in [0.15, 0.2) is 22.7 Å². The van der Waals surface area contributed by atoms with Crippen molar-refractivity contribution in [3.05, 3.63) is 33.3 Å². The largest absolute Gasteiger partial charge is 0.313 e. The van der Waals surface area contributed by atoms with Crippen molar-refractivity contribution in [1.29, 1.82) is 0 Å². The Morgan fingerprint density at radius 2 is 1.89 bits per heavy atom. The van der Waals surface area contributed by atoms with Gasteiger partial charge in [0.25, 0.3) is 0 Å². The number of hydrogen-bond acceptors (Lipinski definition) is 1. The Bertz CT molecular complexity index is 386. The Hall–Kier alpha value is -0.0500. The van der Waals surface area contributed by atoms with Crippen LogP contribution in [0.4, 0.5) is 0 Å². The van der Waals surface area contributed by atoms with Gasteiger partial charge < -0.3 is 5.32 Å². The molecule has 1 aliphatic carbocycles. The van der Waals surface area contributed by atoms with Crippen molar-refractivity contribution in [1.82, 2.24) is 5.32 Å². The van der Waals surface area contributed by atoms with E-state index in [0.29, 0.717) is 6.04 Å². The van der Waals surface area contributed by atoms with E-state index in [4.69, 9.17) is 11.6 Å². The van der Waals surface area contributed by atoms with Crippen LogP contribution in [0.2, 0.25) is 5.02 Å². The molecule has 1 fully saturated rings. The first-order valence-corrected chi connectivity index (χ1v) is 8.01. The van der Waals surface area contributed by atoms with Crippen molar-refractivity contribution < 1.29 is 0 Å². The lowest BCUT2D eigenvalue weighted by atomic mass is 9.87. The topological polar surface area (TPSA) is 12.0 Å². The SMILES string of the molecule is CNC(c1ccc(Br)cc1Cl)C1CCCCCC1. The number of rotatable bonds is 3. The fourth-order valence-electron chi connectivity index (χ4n) is 3.04. The maximum atomic E-state index is 6.39. The van der Waals surface area contributed by atoms with Gasteiger partial charge in [-0.1, -0.05) is 59.3 Å². The maximum Gasteiger partial charge on any atom is 0.0465 e. The molecule has 0 amide bonds. The van der Waals surface area contributed by atoms with Crippen molar-refractivity contribution in [2.45, 2.75) is 44.6 Å². The van der Waals surface area contributed by atoms with E-state index in [1.54, 1.807) is 0 Å². The Labute approximate surface area is 123 Å². The molecular formula is C15H21BrClN. The van der Waals surface area contributed by atoms with Gasteiger partial charge in [0, 0.05) is 15.5 Å². The summed E-state index contributed by atoms with van der Waals surface area (Å²) in [4.78, 5) is 0. The molecule has 0 aliphatic heterocycles. The molecule has 3 heteroatoms. The van der Waals surface area contributed by atoms with Crippen LogP contribution in [-0.2, 0) is 0 Å². The molecule has 18 heavy (non-hydrogen) atoms. The first-order valence-electron chi connectivity index (χ1n) is 6.84. The molecule has 2 rings (SSSR count). The van der Waals surface area contributed by atoms with E-state index in [2.05, 4.69) is 33.4 Å². The molecular weight excluding hydrogens is 310 g/mol. The van der Waals surface area contributed by atoms with Gasteiger partial charge in [-0.15, -0.1) is 0 Å². The number of nitrogens with one attached hydrogen (secondary N) is 1. The average Bonchev–Trinajstić information content (AvgIpc) is 2.62. The molecule has 0 radical (unpaired) electrons. The molecule has 1 saturated carbocycles. The van der Waals surface area contributed by atoms with Gasteiger partial charge in [0.1, 0.15) is 0 Å². The van der Waals surface area contributed by atoms with Gasteiger partial charge >= 0.3 is 0 Å². The third-order valence-corrected chi connectivity index (χ3v) is 4.80. The van der Waals surface area contributed by atoms with Crippen LogP contribution in [0.1, 0.15) is 50.1 Å². The van der Waals surface area contributed by atoms with Gasteiger partial charge in [-0.2, -0.15) is 0 Å². The van der Waals surface area contributed by atoms with E-state index in [0.717, 1.165) is 15.4 Å². The average molecular weight is 331 g/mol. The lowest BCUT2D eigenvalue weighted by Crippen LogP contribution is -2.25. The lowest BCUT2D eigenvalue weighted by Gasteiger charge is -2.27. The highest BCUT2D eigenvalue weighted by molar-refractivity contribution is 9.10. The first kappa shape index (κ1) is 14.4. The second-order valence-corrected chi connectivity index (χ2v) is 6.51. The van der Waals surface area contributed by atoms with Crippen LogP contribution < -0.4 is 5.32 Å². The monoisotopic (exact) mass is 329 g/mol. The molecule has 0 heterocycles. The van der Waals surface area contributed by atoms with Crippen LogP contribution in [0.25, 0.3) is 0 Å². The number of benzene rings is 1. The normalized spacial score (nSPS) is 19.5. The molecule has 1 aliphatic rings. The minimum absolute atomic E-state index is 0.392. The Balaban J connectivity index is 2.20. The van der Waals surface area contributed by atoms with E-state index < -0.39 is 0 Å². The van der Waals surface area contributed by atoms with Crippen molar-refractivity contribution in [2.75, 3.05) is 7.05 Å². The molecule has 1 N–H and O–H groups in total. The quantitative estimate of drug-likeness (QED) is 0.738. The Kier molecular flexibility index (Phi) is 5.53. The highest BCUT2D eigenvalue weighted by atomic mass is 79.9. The number of halogens is 2. The predicted octanol–water partition coefficient (Wildman–Crippen LogP) is 5.33. The summed E-state index contributed by atoms with van der Waals surface area (Å²) in [6.07, 6.45) is 8.13. The molecule has 1 nitrogen and oxygen atoms in total. The van der Waals surface area contributed by atoms with Gasteiger partial charge in [-0.25, -0.2) is 0 Å². The van der Waals surface area contributed by atoms with E-state index in [1.165, 1.54) is 44.1 Å². The molecule has 0 bridgehead atoms. The van der Waals surface area contributed by atoms with Crippen LogP contribution in [-0.4, -0.2) is 7.05 Å². The van der Waals surface area contributed by atoms with Gasteiger partial charge in [-0.3, -0.25) is 0 Å². The van der Waals surface area contributed by atoms with Gasteiger partial charge in [0.15, 0.2) is 0 Å².